The average molecular weight is 390 g/mol. The second-order valence-electron chi connectivity index (χ2n) is 8.43. The summed E-state index contributed by atoms with van der Waals surface area (Å²) in [7, 11) is 0. The minimum Gasteiger partial charge on any atom is -0.505 e. The lowest BCUT2D eigenvalue weighted by molar-refractivity contribution is -0.384. The molecule has 0 unspecified atom stereocenters. The smallest absolute Gasteiger partial charge is 0.296 e. The average Bonchev–Trinajstić information content (AvgIpc) is 2.51. The van der Waals surface area contributed by atoms with Crippen LogP contribution in [0.4, 0.5) is 17.1 Å². The summed E-state index contributed by atoms with van der Waals surface area (Å²) in [5, 5.41) is 30.6. The summed E-state index contributed by atoms with van der Waals surface area (Å²) < 4.78 is 0. The molecule has 0 bridgehead atoms. The molecule has 144 valence electrons. The molecule has 0 atom stereocenters. The van der Waals surface area contributed by atoms with Crippen molar-refractivity contribution in [2.75, 3.05) is 0 Å². The van der Waals surface area contributed by atoms with E-state index in [1.165, 1.54) is 12.1 Å². The standard InChI is InChI=1S/C20H24ClN3O3/c1-19(2,3)12-11-14(18(25)16(17(12)21)20(4,5)6)23-22-13-9-7-8-10-15(13)24(26)27/h7-11,25H,1-6H3. The van der Waals surface area contributed by atoms with Crippen LogP contribution >= 0.6 is 11.6 Å². The van der Waals surface area contributed by atoms with Crippen molar-refractivity contribution in [2.24, 2.45) is 10.2 Å². The number of halogens is 1. The van der Waals surface area contributed by atoms with Gasteiger partial charge in [-0.15, -0.1) is 10.2 Å². The van der Waals surface area contributed by atoms with Gasteiger partial charge < -0.3 is 5.11 Å². The lowest BCUT2D eigenvalue weighted by atomic mass is 9.79. The van der Waals surface area contributed by atoms with Crippen molar-refractivity contribution in [3.63, 3.8) is 0 Å². The van der Waals surface area contributed by atoms with Crippen molar-refractivity contribution in [1.29, 1.82) is 0 Å². The molecule has 0 amide bonds. The molecule has 0 fully saturated rings. The van der Waals surface area contributed by atoms with E-state index in [4.69, 9.17) is 11.6 Å². The molecule has 0 aromatic heterocycles. The van der Waals surface area contributed by atoms with Crippen LogP contribution in [0.5, 0.6) is 5.75 Å². The van der Waals surface area contributed by atoms with Crippen LogP contribution in [-0.2, 0) is 10.8 Å². The third-order valence-corrected chi connectivity index (χ3v) is 4.51. The second-order valence-corrected chi connectivity index (χ2v) is 8.80. The Bertz CT molecular complexity index is 910. The summed E-state index contributed by atoms with van der Waals surface area (Å²) in [5.74, 6) is -0.0668. The first-order chi connectivity index (χ1) is 12.3. The molecule has 7 heteroatoms. The summed E-state index contributed by atoms with van der Waals surface area (Å²) in [6, 6.07) is 7.75. The highest BCUT2D eigenvalue weighted by atomic mass is 35.5. The van der Waals surface area contributed by atoms with Crippen molar-refractivity contribution >= 4 is 28.7 Å². The Morgan fingerprint density at radius 3 is 2.07 bits per heavy atom. The van der Waals surface area contributed by atoms with Gasteiger partial charge in [0.05, 0.1) is 9.95 Å². The van der Waals surface area contributed by atoms with E-state index in [0.29, 0.717) is 10.6 Å². The quantitative estimate of drug-likeness (QED) is 0.349. The first kappa shape index (κ1) is 20.8. The summed E-state index contributed by atoms with van der Waals surface area (Å²) >= 11 is 6.62. The lowest BCUT2D eigenvalue weighted by Gasteiger charge is -2.28. The third-order valence-electron chi connectivity index (χ3n) is 4.12. The van der Waals surface area contributed by atoms with Gasteiger partial charge in [0.15, 0.2) is 5.69 Å². The van der Waals surface area contributed by atoms with Crippen molar-refractivity contribution < 1.29 is 10.0 Å². The second kappa shape index (κ2) is 7.27. The van der Waals surface area contributed by atoms with Gasteiger partial charge in [-0.25, -0.2) is 0 Å². The van der Waals surface area contributed by atoms with E-state index in [-0.39, 0.29) is 28.2 Å². The fourth-order valence-corrected chi connectivity index (χ4v) is 3.46. The number of para-hydroxylation sites is 1. The van der Waals surface area contributed by atoms with Crippen molar-refractivity contribution in [3.05, 3.63) is 56.6 Å². The van der Waals surface area contributed by atoms with Crippen molar-refractivity contribution in [2.45, 2.75) is 52.4 Å². The molecular formula is C20H24ClN3O3. The Balaban J connectivity index is 2.70. The monoisotopic (exact) mass is 389 g/mol. The molecule has 6 nitrogen and oxygen atoms in total. The number of phenols is 1. The van der Waals surface area contributed by atoms with Gasteiger partial charge in [0.2, 0.25) is 0 Å². The van der Waals surface area contributed by atoms with E-state index in [0.717, 1.165) is 5.56 Å². The van der Waals surface area contributed by atoms with E-state index in [9.17, 15) is 15.2 Å². The summed E-state index contributed by atoms with van der Waals surface area (Å²) in [4.78, 5) is 10.6. The highest BCUT2D eigenvalue weighted by Crippen LogP contribution is 2.47. The zero-order chi connectivity index (χ0) is 20.6. The Morgan fingerprint density at radius 2 is 1.56 bits per heavy atom. The van der Waals surface area contributed by atoms with Crippen LogP contribution in [0, 0.1) is 10.1 Å². The SMILES string of the molecule is CC(C)(C)c1cc(N=Nc2ccccc2[N+](=O)[O-])c(O)c(C(C)(C)C)c1Cl. The largest absolute Gasteiger partial charge is 0.505 e. The molecule has 0 aliphatic rings. The van der Waals surface area contributed by atoms with Gasteiger partial charge in [-0.2, -0.15) is 0 Å². The van der Waals surface area contributed by atoms with Crippen LogP contribution in [0.2, 0.25) is 5.02 Å². The number of benzene rings is 2. The number of azo groups is 1. The van der Waals surface area contributed by atoms with Gasteiger partial charge in [0.1, 0.15) is 11.4 Å². The number of phenolic OH excluding ortho intramolecular Hbond substituents is 1. The molecule has 27 heavy (non-hydrogen) atoms. The number of hydrogen-bond donors (Lipinski definition) is 1. The van der Waals surface area contributed by atoms with Crippen LogP contribution in [0.1, 0.15) is 52.7 Å². The molecule has 0 saturated heterocycles. The van der Waals surface area contributed by atoms with Gasteiger partial charge in [0.25, 0.3) is 5.69 Å². The predicted octanol–water partition coefficient (Wildman–Crippen LogP) is 6.96. The molecule has 2 aromatic carbocycles. The third kappa shape index (κ3) is 4.45. The molecule has 0 spiro atoms. The van der Waals surface area contributed by atoms with Gasteiger partial charge >= 0.3 is 0 Å². The number of nitro groups is 1. The molecule has 0 radical (unpaired) electrons. The van der Waals surface area contributed by atoms with Gasteiger partial charge in [-0.05, 0) is 28.5 Å². The summed E-state index contributed by atoms with van der Waals surface area (Å²) in [5.41, 5.74) is 0.886. The zero-order valence-corrected chi connectivity index (χ0v) is 17.1. The number of rotatable bonds is 3. The molecule has 1 N–H and O–H groups in total. The Hall–Kier alpha value is -2.47. The first-order valence-corrected chi connectivity index (χ1v) is 8.93. The van der Waals surface area contributed by atoms with E-state index < -0.39 is 10.3 Å². The van der Waals surface area contributed by atoms with E-state index in [2.05, 4.69) is 10.2 Å². The first-order valence-electron chi connectivity index (χ1n) is 8.55. The maximum Gasteiger partial charge on any atom is 0.296 e. The minimum atomic E-state index is -0.517. The number of hydrogen-bond acceptors (Lipinski definition) is 5. The van der Waals surface area contributed by atoms with E-state index >= 15 is 0 Å². The lowest BCUT2D eigenvalue weighted by Crippen LogP contribution is -2.18. The number of aromatic hydroxyl groups is 1. The van der Waals surface area contributed by atoms with Crippen LogP contribution < -0.4 is 0 Å². The number of nitrogens with zero attached hydrogens (tertiary/aromatic N) is 3. The Morgan fingerprint density at radius 1 is 1.00 bits per heavy atom. The van der Waals surface area contributed by atoms with E-state index in [1.54, 1.807) is 18.2 Å². The van der Waals surface area contributed by atoms with Crippen molar-refractivity contribution in [1.82, 2.24) is 0 Å². The predicted molar refractivity (Wildman–Crippen MR) is 108 cm³/mol. The van der Waals surface area contributed by atoms with Gasteiger partial charge in [0, 0.05) is 11.6 Å². The molecule has 2 rings (SSSR count). The highest BCUT2D eigenvalue weighted by Gasteiger charge is 2.30. The fourth-order valence-electron chi connectivity index (χ4n) is 2.75. The Kier molecular flexibility index (Phi) is 5.61. The summed E-state index contributed by atoms with van der Waals surface area (Å²) in [6.45, 7) is 11.9. The molecule has 0 aliphatic heterocycles. The van der Waals surface area contributed by atoms with Crippen LogP contribution in [0.3, 0.4) is 0 Å². The van der Waals surface area contributed by atoms with Gasteiger partial charge in [-0.3, -0.25) is 10.1 Å². The fraction of sp³-hybridized carbons (Fsp3) is 0.400. The molecular weight excluding hydrogens is 366 g/mol. The maximum atomic E-state index is 11.2. The maximum absolute atomic E-state index is 11.2. The summed E-state index contributed by atoms with van der Waals surface area (Å²) in [6.07, 6.45) is 0. The molecule has 0 aliphatic carbocycles. The minimum absolute atomic E-state index is 0.0668. The number of nitro benzene ring substituents is 1. The topological polar surface area (TPSA) is 88.1 Å². The molecule has 0 saturated carbocycles. The van der Waals surface area contributed by atoms with E-state index in [1.807, 2.05) is 41.5 Å². The normalized spacial score (nSPS) is 12.6. The van der Waals surface area contributed by atoms with Gasteiger partial charge in [-0.1, -0.05) is 65.3 Å². The van der Waals surface area contributed by atoms with Crippen LogP contribution in [0.15, 0.2) is 40.6 Å². The molecule has 2 aromatic rings. The van der Waals surface area contributed by atoms with Crippen LogP contribution in [-0.4, -0.2) is 10.0 Å². The Labute approximate surface area is 164 Å². The zero-order valence-electron chi connectivity index (χ0n) is 16.4. The molecule has 0 heterocycles. The highest BCUT2D eigenvalue weighted by molar-refractivity contribution is 6.32. The van der Waals surface area contributed by atoms with Crippen molar-refractivity contribution in [3.8, 4) is 5.75 Å². The van der Waals surface area contributed by atoms with Crippen LogP contribution in [0.25, 0.3) is 0 Å².